The lowest BCUT2D eigenvalue weighted by Gasteiger charge is -2.17. The van der Waals surface area contributed by atoms with E-state index in [1.165, 1.54) is 11.8 Å². The molecule has 88 valence electrons. The van der Waals surface area contributed by atoms with Gasteiger partial charge in [-0.05, 0) is 18.2 Å². The van der Waals surface area contributed by atoms with Gasteiger partial charge in [-0.2, -0.15) is 0 Å². The number of carbonyl (C=O) groups is 1. The molecule has 0 spiro atoms. The minimum absolute atomic E-state index is 0.0883. The summed E-state index contributed by atoms with van der Waals surface area (Å²) in [5.41, 5.74) is 2.14. The molecule has 0 aliphatic heterocycles. The topological polar surface area (TPSA) is 75.3 Å². The second kappa shape index (κ2) is 5.77. The molecule has 0 fully saturated rings. The quantitative estimate of drug-likeness (QED) is 0.323. The zero-order chi connectivity index (χ0) is 12.1. The summed E-state index contributed by atoms with van der Waals surface area (Å²) in [6, 6.07) is 6.96. The van der Waals surface area contributed by atoms with Crippen LogP contribution in [0.2, 0.25) is 0 Å². The van der Waals surface area contributed by atoms with Crippen molar-refractivity contribution in [3.8, 4) is 5.75 Å². The van der Waals surface area contributed by atoms with Gasteiger partial charge in [-0.15, -0.1) is 11.8 Å². The summed E-state index contributed by atoms with van der Waals surface area (Å²) in [6.45, 7) is 3.78. The van der Waals surface area contributed by atoms with Crippen molar-refractivity contribution < 1.29 is 9.90 Å². The number of phenols is 1. The Balaban J connectivity index is 2.64. The minimum atomic E-state index is -0.183. The molecule has 1 rings (SSSR count). The summed E-state index contributed by atoms with van der Waals surface area (Å²) in [4.78, 5) is 12.2. The first-order chi connectivity index (χ1) is 7.54. The average molecular weight is 240 g/mol. The largest absolute Gasteiger partial charge is 0.508 e. The first kappa shape index (κ1) is 12.9. The molecule has 2 unspecified atom stereocenters. The van der Waals surface area contributed by atoms with Gasteiger partial charge >= 0.3 is 0 Å². The van der Waals surface area contributed by atoms with Crippen molar-refractivity contribution in [2.45, 2.75) is 24.0 Å². The molecule has 0 heterocycles. The second-order valence-corrected chi connectivity index (χ2v) is 5.07. The van der Waals surface area contributed by atoms with Crippen molar-refractivity contribution in [3.63, 3.8) is 0 Å². The normalized spacial score (nSPS) is 14.2. The van der Waals surface area contributed by atoms with Gasteiger partial charge in [0.2, 0.25) is 5.91 Å². The Morgan fingerprint density at radius 2 is 2.19 bits per heavy atom. The Bertz CT molecular complexity index is 371. The molecule has 0 aliphatic carbocycles. The minimum Gasteiger partial charge on any atom is -0.508 e. The van der Waals surface area contributed by atoms with Gasteiger partial charge in [0.1, 0.15) is 5.75 Å². The predicted octanol–water partition coefficient (Wildman–Crippen LogP) is 1.50. The molecule has 2 atom stereocenters. The molecular weight excluding hydrogens is 224 g/mol. The smallest absolute Gasteiger partial charge is 0.237 e. The maximum Gasteiger partial charge on any atom is 0.237 e. The standard InChI is InChI=1S/C11H16N2O2S/c1-7(11(15)13-12)8(2)16-10-5-3-4-9(14)6-10/h3-8,14H,12H2,1-2H3,(H,13,15). The number of hydrazine groups is 1. The van der Waals surface area contributed by atoms with Gasteiger partial charge in [-0.25, -0.2) is 5.84 Å². The van der Waals surface area contributed by atoms with E-state index in [-0.39, 0.29) is 22.8 Å². The van der Waals surface area contributed by atoms with Crippen molar-refractivity contribution in [2.75, 3.05) is 0 Å². The zero-order valence-corrected chi connectivity index (χ0v) is 10.1. The van der Waals surface area contributed by atoms with Crippen LogP contribution in [0, 0.1) is 5.92 Å². The Labute approximate surface area is 99.2 Å². The monoisotopic (exact) mass is 240 g/mol. The lowest BCUT2D eigenvalue weighted by atomic mass is 10.1. The van der Waals surface area contributed by atoms with Crippen LogP contribution in [0.4, 0.5) is 0 Å². The third-order valence-corrected chi connectivity index (χ3v) is 3.71. The number of aromatic hydroxyl groups is 1. The number of rotatable bonds is 4. The summed E-state index contributed by atoms with van der Waals surface area (Å²) in [6.07, 6.45) is 0. The van der Waals surface area contributed by atoms with E-state index in [1.54, 1.807) is 18.2 Å². The number of nitrogens with one attached hydrogen (secondary N) is 1. The fourth-order valence-corrected chi connectivity index (χ4v) is 2.32. The van der Waals surface area contributed by atoms with E-state index in [1.807, 2.05) is 19.9 Å². The fraction of sp³-hybridized carbons (Fsp3) is 0.364. The molecule has 0 saturated carbocycles. The van der Waals surface area contributed by atoms with Gasteiger partial charge in [0.15, 0.2) is 0 Å². The van der Waals surface area contributed by atoms with Gasteiger partial charge in [0.05, 0.1) is 0 Å². The number of hydrogen-bond acceptors (Lipinski definition) is 4. The molecule has 0 aromatic heterocycles. The van der Waals surface area contributed by atoms with Crippen LogP contribution in [-0.2, 0) is 4.79 Å². The van der Waals surface area contributed by atoms with Crippen LogP contribution in [0.3, 0.4) is 0 Å². The highest BCUT2D eigenvalue weighted by Crippen LogP contribution is 2.29. The zero-order valence-electron chi connectivity index (χ0n) is 9.31. The summed E-state index contributed by atoms with van der Waals surface area (Å²) in [5, 5.41) is 9.40. The van der Waals surface area contributed by atoms with E-state index in [0.717, 1.165) is 4.90 Å². The third-order valence-electron chi connectivity index (χ3n) is 2.40. The number of thioether (sulfide) groups is 1. The Morgan fingerprint density at radius 3 is 2.75 bits per heavy atom. The van der Waals surface area contributed by atoms with Crippen LogP contribution < -0.4 is 11.3 Å². The number of carbonyl (C=O) groups excluding carboxylic acids is 1. The van der Waals surface area contributed by atoms with Crippen molar-refractivity contribution in [1.29, 1.82) is 0 Å². The van der Waals surface area contributed by atoms with Crippen molar-refractivity contribution in [3.05, 3.63) is 24.3 Å². The van der Waals surface area contributed by atoms with Gasteiger partial charge in [-0.3, -0.25) is 10.2 Å². The molecule has 0 radical (unpaired) electrons. The molecule has 4 nitrogen and oxygen atoms in total. The van der Waals surface area contributed by atoms with Crippen molar-refractivity contribution in [2.24, 2.45) is 11.8 Å². The van der Waals surface area contributed by atoms with Gasteiger partial charge < -0.3 is 5.11 Å². The lowest BCUT2D eigenvalue weighted by Crippen LogP contribution is -2.38. The van der Waals surface area contributed by atoms with Gasteiger partial charge in [0, 0.05) is 16.1 Å². The predicted molar refractivity (Wildman–Crippen MR) is 64.9 cm³/mol. The van der Waals surface area contributed by atoms with Crippen LogP contribution >= 0.6 is 11.8 Å². The number of hydrogen-bond donors (Lipinski definition) is 3. The molecule has 1 aromatic carbocycles. The number of benzene rings is 1. The first-order valence-electron chi connectivity index (χ1n) is 5.00. The number of phenolic OH excluding ortho intramolecular Hbond substituents is 1. The van der Waals surface area contributed by atoms with Crippen LogP contribution in [0.15, 0.2) is 29.2 Å². The van der Waals surface area contributed by atoms with Gasteiger partial charge in [-0.1, -0.05) is 19.9 Å². The molecule has 5 heteroatoms. The van der Waals surface area contributed by atoms with Crippen LogP contribution in [0.25, 0.3) is 0 Å². The molecule has 0 saturated heterocycles. The Hall–Kier alpha value is -1.20. The highest BCUT2D eigenvalue weighted by Gasteiger charge is 2.20. The van der Waals surface area contributed by atoms with E-state index in [2.05, 4.69) is 5.43 Å². The van der Waals surface area contributed by atoms with E-state index in [4.69, 9.17) is 5.84 Å². The molecular formula is C11H16N2O2S. The SMILES string of the molecule is CC(Sc1cccc(O)c1)C(C)C(=O)NN. The van der Waals surface area contributed by atoms with E-state index >= 15 is 0 Å². The lowest BCUT2D eigenvalue weighted by molar-refractivity contribution is -0.124. The number of nitrogens with two attached hydrogens (primary N) is 1. The highest BCUT2D eigenvalue weighted by molar-refractivity contribution is 8.00. The van der Waals surface area contributed by atoms with Crippen LogP contribution in [-0.4, -0.2) is 16.3 Å². The summed E-state index contributed by atoms with van der Waals surface area (Å²) < 4.78 is 0. The van der Waals surface area contributed by atoms with Crippen LogP contribution in [0.1, 0.15) is 13.8 Å². The third kappa shape index (κ3) is 3.43. The van der Waals surface area contributed by atoms with Crippen molar-refractivity contribution >= 4 is 17.7 Å². The van der Waals surface area contributed by atoms with Gasteiger partial charge in [0.25, 0.3) is 0 Å². The van der Waals surface area contributed by atoms with Crippen molar-refractivity contribution in [1.82, 2.24) is 5.43 Å². The maximum absolute atomic E-state index is 11.3. The fourth-order valence-electron chi connectivity index (χ4n) is 1.22. The van der Waals surface area contributed by atoms with E-state index in [0.29, 0.717) is 0 Å². The maximum atomic E-state index is 11.3. The molecule has 0 aliphatic rings. The van der Waals surface area contributed by atoms with E-state index in [9.17, 15) is 9.90 Å². The Morgan fingerprint density at radius 1 is 1.50 bits per heavy atom. The number of amides is 1. The summed E-state index contributed by atoms with van der Waals surface area (Å²) in [7, 11) is 0. The first-order valence-corrected chi connectivity index (χ1v) is 5.88. The molecule has 1 aromatic rings. The average Bonchev–Trinajstić information content (AvgIpc) is 2.27. The molecule has 1 amide bonds. The van der Waals surface area contributed by atoms with E-state index < -0.39 is 0 Å². The summed E-state index contributed by atoms with van der Waals surface area (Å²) >= 11 is 1.53. The molecule has 16 heavy (non-hydrogen) atoms. The van der Waals surface area contributed by atoms with Crippen LogP contribution in [0.5, 0.6) is 5.75 Å². The highest BCUT2D eigenvalue weighted by atomic mass is 32.2. The Kier molecular flexibility index (Phi) is 4.64. The second-order valence-electron chi connectivity index (χ2n) is 3.62. The summed E-state index contributed by atoms with van der Waals surface area (Å²) in [5.74, 6) is 4.95. The molecule has 0 bridgehead atoms. The molecule has 4 N–H and O–H groups in total.